The van der Waals surface area contributed by atoms with Gasteiger partial charge in [0, 0.05) is 62.5 Å². The summed E-state index contributed by atoms with van der Waals surface area (Å²) in [5.74, 6) is -1.46. The molecule has 3 radical (unpaired) electrons. The second-order valence-corrected chi connectivity index (χ2v) is 8.64. The monoisotopic (exact) mass is 626 g/mol. The number of fused-ring (bicyclic) bond motifs is 2. The van der Waals surface area contributed by atoms with Crippen LogP contribution in [-0.4, -0.2) is 51.1 Å². The maximum atomic E-state index is 13.3. The number of anilines is 3. The summed E-state index contributed by atoms with van der Waals surface area (Å²) in [6.45, 7) is 4.29. The van der Waals surface area contributed by atoms with Gasteiger partial charge in [-0.1, -0.05) is 32.3 Å². The van der Waals surface area contributed by atoms with Gasteiger partial charge >= 0.3 is 0 Å². The molecule has 0 unspecified atom stereocenters. The van der Waals surface area contributed by atoms with Gasteiger partial charge in [-0.3, -0.25) is 14.6 Å². The van der Waals surface area contributed by atoms with Gasteiger partial charge in [-0.2, -0.15) is 0 Å². The van der Waals surface area contributed by atoms with E-state index in [-0.39, 0.29) is 77.9 Å². The zero-order chi connectivity index (χ0) is 29.0. The van der Waals surface area contributed by atoms with Crippen molar-refractivity contribution in [3.8, 4) is 34.4 Å². The Kier molecular flexibility index (Phi) is 10.4. The van der Waals surface area contributed by atoms with E-state index in [9.17, 15) is 19.8 Å². The predicted molar refractivity (Wildman–Crippen MR) is 151 cm³/mol. The first-order valence-corrected chi connectivity index (χ1v) is 12.4. The molecule has 0 atom stereocenters. The van der Waals surface area contributed by atoms with Gasteiger partial charge in [-0.25, -0.2) is 0 Å². The van der Waals surface area contributed by atoms with Crippen LogP contribution in [0.25, 0.3) is 11.1 Å². The van der Waals surface area contributed by atoms with Crippen LogP contribution in [0.2, 0.25) is 6.82 Å². The first-order chi connectivity index (χ1) is 19.3. The number of carbonyl (C=O) groups excluding carboxylic acids is 2. The van der Waals surface area contributed by atoms with E-state index in [1.807, 2.05) is 0 Å². The van der Waals surface area contributed by atoms with E-state index in [2.05, 4.69) is 41.4 Å². The largest absolute Gasteiger partial charge is 0.507 e. The number of nitrogens with two attached hydrogens (primary N) is 2. The second-order valence-electron chi connectivity index (χ2n) is 8.64. The molecule has 205 valence electrons. The van der Waals surface area contributed by atoms with Crippen molar-refractivity contribution in [2.24, 2.45) is 0 Å². The summed E-state index contributed by atoms with van der Waals surface area (Å²) in [7, 11) is 4.50. The minimum atomic E-state index is -0.705. The molecule has 1 aliphatic rings. The first-order valence-electron chi connectivity index (χ1n) is 12.4. The summed E-state index contributed by atoms with van der Waals surface area (Å²) in [6.07, 6.45) is 4.49. The molecule has 0 spiro atoms. The number of nitrogens with zero attached hydrogens (tertiary/aromatic N) is 3. The number of ketones is 2. The minimum absolute atomic E-state index is 0. The van der Waals surface area contributed by atoms with Gasteiger partial charge in [-0.15, -0.1) is 0 Å². The van der Waals surface area contributed by atoms with Crippen LogP contribution in [0.5, 0.6) is 23.3 Å². The summed E-state index contributed by atoms with van der Waals surface area (Å²) in [5.41, 5.74) is 12.0. The zero-order valence-corrected chi connectivity index (χ0v) is 25.3. The normalized spacial score (nSPS) is 11.4. The van der Waals surface area contributed by atoms with Crippen molar-refractivity contribution in [1.29, 1.82) is 0 Å². The van der Waals surface area contributed by atoms with Crippen LogP contribution in [0.15, 0.2) is 42.5 Å². The predicted octanol–water partition coefficient (Wildman–Crippen LogP) is 3.89. The molecule has 0 bridgehead atoms. The van der Waals surface area contributed by atoms with Crippen LogP contribution >= 0.6 is 0 Å². The molecule has 3 aromatic carbocycles. The maximum Gasteiger partial charge on any atom is 0.206 e. The molecule has 1 aliphatic carbocycles. The Morgan fingerprint density at radius 1 is 0.927 bits per heavy atom. The number of nitrogen functional groups attached to an aromatic ring is 2. The van der Waals surface area contributed by atoms with Gasteiger partial charge in [0.25, 0.3) is 0 Å². The smallest absolute Gasteiger partial charge is 0.206 e. The van der Waals surface area contributed by atoms with Crippen LogP contribution in [0.4, 0.5) is 17.3 Å². The van der Waals surface area contributed by atoms with Crippen LogP contribution in [-0.2, 0) is 32.7 Å². The third-order valence-electron chi connectivity index (χ3n) is 6.15. The number of aromatic hydroxyl groups is 2. The number of hydrogen-bond donors (Lipinski definition) is 5. The van der Waals surface area contributed by atoms with Crippen LogP contribution in [0.1, 0.15) is 51.6 Å². The minimum Gasteiger partial charge on any atom is -0.507 e. The molecule has 41 heavy (non-hydrogen) atoms. The SMILES string of the molecule is CCCCNc1n[c-]nc(Oc2ccc(-c3cc(N)c4c(c3O)C(=O)c3c(N)ccc(O)c3C4=O)cc2)n1.[B]C.[Y]. The van der Waals surface area contributed by atoms with Crippen molar-refractivity contribution in [3.63, 3.8) is 0 Å². The summed E-state index contributed by atoms with van der Waals surface area (Å²) in [4.78, 5) is 38.6. The number of phenolic OH excluding ortho intramolecular Hbond substituents is 2. The molecule has 7 N–H and O–H groups in total. The third kappa shape index (κ3) is 6.18. The summed E-state index contributed by atoms with van der Waals surface area (Å²) in [5, 5.41) is 24.4. The quantitative estimate of drug-likeness (QED) is 0.0580. The summed E-state index contributed by atoms with van der Waals surface area (Å²) in [6, 6.07) is 10.5. The third-order valence-corrected chi connectivity index (χ3v) is 6.15. The van der Waals surface area contributed by atoms with Crippen molar-refractivity contribution in [2.45, 2.75) is 26.6 Å². The number of unbranched alkanes of at least 4 members (excludes halogenated alkanes) is 1. The van der Waals surface area contributed by atoms with E-state index in [0.717, 1.165) is 12.8 Å². The van der Waals surface area contributed by atoms with E-state index in [1.165, 1.54) is 25.0 Å². The maximum absolute atomic E-state index is 13.3. The molecule has 11 nitrogen and oxygen atoms in total. The molecule has 0 saturated heterocycles. The van der Waals surface area contributed by atoms with Crippen molar-refractivity contribution in [1.82, 2.24) is 15.0 Å². The number of nitrogens with one attached hydrogen (secondary N) is 1. The fourth-order valence-corrected chi connectivity index (χ4v) is 4.28. The number of hydrogen-bond acceptors (Lipinski definition) is 11. The van der Waals surface area contributed by atoms with E-state index in [0.29, 0.717) is 23.8 Å². The molecule has 4 aromatic rings. The Hall–Kier alpha value is -4.02. The van der Waals surface area contributed by atoms with E-state index < -0.39 is 23.1 Å². The number of carbonyl (C=O) groups is 2. The number of aromatic nitrogens is 3. The molecule has 0 amide bonds. The molecular weight excluding hydrogens is 600 g/mol. The van der Waals surface area contributed by atoms with Crippen molar-refractivity contribution >= 4 is 36.7 Å². The van der Waals surface area contributed by atoms with Crippen LogP contribution in [0, 0.1) is 6.33 Å². The van der Waals surface area contributed by atoms with E-state index >= 15 is 0 Å². The average molecular weight is 626 g/mol. The standard InChI is InChI=1S/C27H23N6O5.CH3B.Y/c1-2-3-10-30-26-31-12-32-27(33-26)38-14-6-4-13(5-7-14)15-11-17(29)20-22(23(15)35)25(37)19-16(28)8-9-18(34)21(19)24(20)36;1-2;/h4-9,11,34-35H,2-3,10,28-29H2,1H3,(H,30,31,32,33);1H3;/q-1;;. The average Bonchev–Trinajstić information content (AvgIpc) is 2.96. The number of benzene rings is 3. The van der Waals surface area contributed by atoms with Gasteiger partial charge in [0.15, 0.2) is 0 Å². The van der Waals surface area contributed by atoms with Crippen LogP contribution < -0.4 is 21.5 Å². The number of ether oxygens (including phenoxy) is 1. The van der Waals surface area contributed by atoms with Crippen LogP contribution in [0.3, 0.4) is 0 Å². The van der Waals surface area contributed by atoms with E-state index in [4.69, 9.17) is 16.2 Å². The Labute approximate surface area is 263 Å². The summed E-state index contributed by atoms with van der Waals surface area (Å²) >= 11 is 0. The van der Waals surface area contributed by atoms with Gasteiger partial charge in [0.05, 0.1) is 30.1 Å². The Bertz CT molecular complexity index is 1600. The Balaban J connectivity index is 0.00000151. The summed E-state index contributed by atoms with van der Waals surface area (Å²) < 4.78 is 5.70. The first kappa shape index (κ1) is 31.5. The Morgan fingerprint density at radius 2 is 1.59 bits per heavy atom. The number of phenols is 2. The van der Waals surface area contributed by atoms with E-state index in [1.54, 1.807) is 24.3 Å². The fraction of sp³-hybridized carbons (Fsp3) is 0.179. The fourth-order valence-electron chi connectivity index (χ4n) is 4.28. The Morgan fingerprint density at radius 3 is 2.27 bits per heavy atom. The van der Waals surface area contributed by atoms with Crippen molar-refractivity contribution in [3.05, 3.63) is 71.0 Å². The van der Waals surface area contributed by atoms with Gasteiger partial charge in [0.1, 0.15) is 23.2 Å². The molecule has 0 saturated carbocycles. The van der Waals surface area contributed by atoms with Crippen molar-refractivity contribution < 1.29 is 57.2 Å². The van der Waals surface area contributed by atoms with Gasteiger partial charge < -0.3 is 41.7 Å². The number of rotatable bonds is 7. The molecule has 1 aromatic heterocycles. The van der Waals surface area contributed by atoms with Crippen molar-refractivity contribution in [2.75, 3.05) is 23.3 Å². The molecule has 13 heteroatoms. The van der Waals surface area contributed by atoms with Gasteiger partial charge in [-0.05, 0) is 42.3 Å². The zero-order valence-electron chi connectivity index (χ0n) is 22.4. The van der Waals surface area contributed by atoms with Gasteiger partial charge in [0.2, 0.25) is 17.6 Å². The second kappa shape index (κ2) is 13.6. The molecule has 1 heterocycles. The molecule has 0 fully saturated rings. The molecular formula is C28H26BN6O5Y-. The molecule has 0 aliphatic heterocycles. The topological polar surface area (TPSA) is 187 Å². The molecule has 5 rings (SSSR count).